The van der Waals surface area contributed by atoms with Gasteiger partial charge in [0.15, 0.2) is 0 Å². The van der Waals surface area contributed by atoms with Gasteiger partial charge in [0.25, 0.3) is 0 Å². The van der Waals surface area contributed by atoms with Crippen molar-refractivity contribution >= 4 is 10.8 Å². The van der Waals surface area contributed by atoms with Gasteiger partial charge in [-0.1, -0.05) is 289 Å². The first kappa shape index (κ1) is 65.4. The van der Waals surface area contributed by atoms with E-state index in [0.29, 0.717) is 0 Å². The van der Waals surface area contributed by atoms with Gasteiger partial charge >= 0.3 is 0 Å². The van der Waals surface area contributed by atoms with Crippen LogP contribution in [0.1, 0.15) is 155 Å². The smallest absolute Gasteiger partial charge is 0.0181 e. The van der Waals surface area contributed by atoms with Crippen LogP contribution in [0.4, 0.5) is 0 Å². The topological polar surface area (TPSA) is 0 Å². The van der Waals surface area contributed by atoms with Crippen LogP contribution >= 0.6 is 0 Å². The lowest BCUT2D eigenvalue weighted by Gasteiger charge is -2.02. The van der Waals surface area contributed by atoms with E-state index in [1.54, 1.807) is 0 Å². The summed E-state index contributed by atoms with van der Waals surface area (Å²) in [5, 5.41) is 2.67. The van der Waals surface area contributed by atoms with Gasteiger partial charge in [-0.05, 0) is 77.3 Å². The standard InChI is InChI=1S/C14H14.C12H12.2C8H10.8C2H6/c1-11-3-7-13(8-4-11)14-9-5-12(2)6-10-14;1-9-3-5-12-8-10(2)4-6-11(12)7-9;1-7-3-5-8(2)6-4-7;1-7-4-3-5-8(2)6-7;8*1-2/h3-10H,1-2H3;3-8H,1-2H3;2*3-6H,1-2H3;8*1-2H3. The van der Waals surface area contributed by atoms with Crippen molar-refractivity contribution in [3.8, 4) is 11.1 Å². The highest BCUT2D eigenvalue weighted by molar-refractivity contribution is 5.83. The second-order valence-corrected chi connectivity index (χ2v) is 11.4. The Morgan fingerprint density at radius 2 is 0.379 bits per heavy atom. The molecule has 0 radical (unpaired) electrons. The molecular weight excluding hydrogens is 697 g/mol. The van der Waals surface area contributed by atoms with E-state index in [9.17, 15) is 0 Å². The lowest BCUT2D eigenvalue weighted by atomic mass is 10.0. The minimum atomic E-state index is 1.29. The van der Waals surface area contributed by atoms with E-state index in [1.165, 1.54) is 66.4 Å². The molecule has 0 aliphatic rings. The Bertz CT molecular complexity index is 1530. The molecule has 0 spiro atoms. The summed E-state index contributed by atoms with van der Waals surface area (Å²) in [5.41, 5.74) is 13.2. The van der Waals surface area contributed by atoms with Crippen LogP contribution in [-0.4, -0.2) is 0 Å². The molecule has 0 atom stereocenters. The van der Waals surface area contributed by atoms with Crippen molar-refractivity contribution in [1.29, 1.82) is 0 Å². The molecule has 0 aromatic heterocycles. The summed E-state index contributed by atoms with van der Waals surface area (Å²) in [7, 11) is 0. The first-order chi connectivity index (χ1) is 28.1. The third kappa shape index (κ3) is 34.8. The van der Waals surface area contributed by atoms with Crippen LogP contribution < -0.4 is 0 Å². The predicted molar refractivity (Wildman–Crippen MR) is 277 cm³/mol. The molecule has 0 aliphatic carbocycles. The van der Waals surface area contributed by atoms with Crippen molar-refractivity contribution in [3.63, 3.8) is 0 Å². The van der Waals surface area contributed by atoms with Crippen LogP contribution in [0.15, 0.2) is 133 Å². The largest absolute Gasteiger partial charge is 0.0683 e. The van der Waals surface area contributed by atoms with Crippen LogP contribution in [0.3, 0.4) is 0 Å². The minimum Gasteiger partial charge on any atom is -0.0683 e. The fraction of sp³-hybridized carbons (Fsp3) is 0.414. The Morgan fingerprint density at radius 1 is 0.190 bits per heavy atom. The third-order valence-corrected chi connectivity index (χ3v) is 6.98. The van der Waals surface area contributed by atoms with Gasteiger partial charge in [-0.25, -0.2) is 0 Å². The molecule has 0 heteroatoms. The molecule has 0 N–H and O–H groups in total. The monoisotopic (exact) mass is 791 g/mol. The van der Waals surface area contributed by atoms with Gasteiger partial charge < -0.3 is 0 Å². The number of hydrogen-bond acceptors (Lipinski definition) is 0. The van der Waals surface area contributed by atoms with Crippen LogP contribution in [0.25, 0.3) is 21.9 Å². The number of aryl methyl sites for hydroxylation is 8. The number of hydrogen-bond donors (Lipinski definition) is 0. The Hall–Kier alpha value is -4.42. The zero-order valence-electron chi connectivity index (χ0n) is 42.7. The summed E-state index contributed by atoms with van der Waals surface area (Å²) in [6.07, 6.45) is 0. The van der Waals surface area contributed by atoms with Crippen LogP contribution in [0, 0.1) is 55.4 Å². The predicted octanol–water partition coefficient (Wildman–Crippen LogP) is 20.2. The summed E-state index contributed by atoms with van der Waals surface area (Å²) >= 11 is 0. The van der Waals surface area contributed by atoms with E-state index in [1.807, 2.05) is 111 Å². The van der Waals surface area contributed by atoms with E-state index >= 15 is 0 Å². The first-order valence-electron chi connectivity index (χ1n) is 22.8. The zero-order valence-corrected chi connectivity index (χ0v) is 42.7. The second-order valence-electron chi connectivity index (χ2n) is 11.4. The minimum absolute atomic E-state index is 1.29. The van der Waals surface area contributed by atoms with Crippen molar-refractivity contribution in [2.75, 3.05) is 0 Å². The molecule has 0 unspecified atom stereocenters. The van der Waals surface area contributed by atoms with Gasteiger partial charge in [-0.3, -0.25) is 0 Å². The maximum absolute atomic E-state index is 2.22. The fourth-order valence-corrected chi connectivity index (χ4v) is 4.42. The highest BCUT2D eigenvalue weighted by atomic mass is 14.0. The Labute approximate surface area is 364 Å². The molecule has 6 rings (SSSR count). The average molecular weight is 791 g/mol. The van der Waals surface area contributed by atoms with Crippen molar-refractivity contribution in [1.82, 2.24) is 0 Å². The van der Waals surface area contributed by atoms with E-state index in [4.69, 9.17) is 0 Å². The summed E-state index contributed by atoms with van der Waals surface area (Å²) in [6.45, 7) is 48.9. The molecule has 326 valence electrons. The van der Waals surface area contributed by atoms with Gasteiger partial charge in [0.1, 0.15) is 0 Å². The lowest BCUT2D eigenvalue weighted by molar-refractivity contribution is 1.39. The van der Waals surface area contributed by atoms with E-state index in [2.05, 4.69) is 189 Å². The molecule has 0 saturated heterocycles. The maximum Gasteiger partial charge on any atom is -0.0181 e. The summed E-state index contributed by atoms with van der Waals surface area (Å²) < 4.78 is 0. The summed E-state index contributed by atoms with van der Waals surface area (Å²) in [6, 6.07) is 47.3. The molecule has 0 nitrogen and oxygen atoms in total. The molecule has 0 heterocycles. The molecule has 0 bridgehead atoms. The van der Waals surface area contributed by atoms with Crippen molar-refractivity contribution in [2.45, 2.75) is 166 Å². The highest BCUT2D eigenvalue weighted by Gasteiger charge is 1.96. The molecule has 0 saturated carbocycles. The molecule has 0 fully saturated rings. The van der Waals surface area contributed by atoms with Gasteiger partial charge in [-0.2, -0.15) is 0 Å². The highest BCUT2D eigenvalue weighted by Crippen LogP contribution is 2.20. The summed E-state index contributed by atoms with van der Waals surface area (Å²) in [4.78, 5) is 0. The van der Waals surface area contributed by atoms with Crippen molar-refractivity contribution in [3.05, 3.63) is 178 Å². The van der Waals surface area contributed by atoms with Crippen LogP contribution in [-0.2, 0) is 0 Å². The maximum atomic E-state index is 2.22. The van der Waals surface area contributed by atoms with E-state index in [0.717, 1.165) is 0 Å². The second kappa shape index (κ2) is 48.7. The van der Waals surface area contributed by atoms with Gasteiger partial charge in [-0.15, -0.1) is 0 Å². The normalized spacial score (nSPS) is 8.00. The molecule has 6 aromatic rings. The van der Waals surface area contributed by atoms with Gasteiger partial charge in [0.05, 0.1) is 0 Å². The Kier molecular flexibility index (Phi) is 55.0. The molecular formula is C58H94. The Balaban J connectivity index is -0.000000141. The average Bonchev–Trinajstić information content (AvgIpc) is 3.29. The number of fused-ring (bicyclic) bond motifs is 1. The summed E-state index contributed by atoms with van der Waals surface area (Å²) in [5.74, 6) is 0. The van der Waals surface area contributed by atoms with Crippen LogP contribution in [0.5, 0.6) is 0 Å². The van der Waals surface area contributed by atoms with Crippen molar-refractivity contribution in [2.24, 2.45) is 0 Å². The molecule has 0 aliphatic heterocycles. The van der Waals surface area contributed by atoms with Crippen LogP contribution in [0.2, 0.25) is 0 Å². The van der Waals surface area contributed by atoms with Gasteiger partial charge in [0.2, 0.25) is 0 Å². The quantitative estimate of drug-likeness (QED) is 0.156. The van der Waals surface area contributed by atoms with Gasteiger partial charge in [0, 0.05) is 0 Å². The number of rotatable bonds is 1. The Morgan fingerprint density at radius 3 is 0.586 bits per heavy atom. The van der Waals surface area contributed by atoms with Crippen molar-refractivity contribution < 1.29 is 0 Å². The number of benzene rings is 6. The third-order valence-electron chi connectivity index (χ3n) is 6.98. The molecule has 0 amide bonds. The lowest BCUT2D eigenvalue weighted by Crippen LogP contribution is -1.78. The SMILES string of the molecule is CC.CC.CC.CC.CC.CC.CC.CC.Cc1ccc(-c2ccc(C)cc2)cc1.Cc1ccc(C)cc1.Cc1ccc2cc(C)ccc2c1.Cc1cccc(C)c1. The fourth-order valence-electron chi connectivity index (χ4n) is 4.42. The van der Waals surface area contributed by atoms with E-state index < -0.39 is 0 Å². The zero-order chi connectivity index (χ0) is 46.5. The van der Waals surface area contributed by atoms with E-state index in [-0.39, 0.29) is 0 Å². The first-order valence-corrected chi connectivity index (χ1v) is 22.8. The molecule has 58 heavy (non-hydrogen) atoms. The molecule has 6 aromatic carbocycles.